The van der Waals surface area contributed by atoms with E-state index in [4.69, 9.17) is 5.73 Å². The van der Waals surface area contributed by atoms with Crippen molar-refractivity contribution >= 4 is 16.9 Å². The predicted octanol–water partition coefficient (Wildman–Crippen LogP) is -0.167. The summed E-state index contributed by atoms with van der Waals surface area (Å²) in [5.74, 6) is 0.396. The molecule has 2 aromatic rings. The Labute approximate surface area is 61.3 Å². The number of nitrogen functional groups attached to an aromatic ring is 1. The fraction of sp³-hybridized carbons (Fsp3) is 0. The first-order valence-electron chi connectivity index (χ1n) is 3.09. The van der Waals surface area contributed by atoms with Crippen LogP contribution in [0.2, 0.25) is 0 Å². The van der Waals surface area contributed by atoms with Gasteiger partial charge in [0, 0.05) is 6.07 Å². The van der Waals surface area contributed by atoms with Crippen LogP contribution in [0, 0.1) is 0 Å². The standard InChI is InChI=1S/C6H6N4O/c7-5-1-3-4(2-8-5)10-6(11)9-3/h1-2H,(H2,7,8)(H2,9,10,11). The lowest BCUT2D eigenvalue weighted by Gasteiger charge is -1.89. The van der Waals surface area contributed by atoms with E-state index in [1.807, 2.05) is 0 Å². The van der Waals surface area contributed by atoms with Crippen LogP contribution < -0.4 is 11.4 Å². The molecule has 2 aromatic heterocycles. The van der Waals surface area contributed by atoms with E-state index in [2.05, 4.69) is 15.0 Å². The molecule has 0 aromatic carbocycles. The summed E-state index contributed by atoms with van der Waals surface area (Å²) in [6.45, 7) is 0. The molecule has 4 N–H and O–H groups in total. The van der Waals surface area contributed by atoms with Crippen LogP contribution in [0.5, 0.6) is 0 Å². The molecule has 0 amide bonds. The number of rotatable bonds is 0. The average Bonchev–Trinajstić information content (AvgIpc) is 2.27. The lowest BCUT2D eigenvalue weighted by molar-refractivity contribution is 1.21. The van der Waals surface area contributed by atoms with Gasteiger partial charge in [-0.15, -0.1) is 0 Å². The smallest absolute Gasteiger partial charge is 0.323 e. The molecule has 0 saturated carbocycles. The molecule has 5 heteroatoms. The Morgan fingerprint density at radius 1 is 1.36 bits per heavy atom. The summed E-state index contributed by atoms with van der Waals surface area (Å²) in [5.41, 5.74) is 6.50. The first-order valence-corrected chi connectivity index (χ1v) is 3.09. The van der Waals surface area contributed by atoms with Crippen LogP contribution in [0.1, 0.15) is 0 Å². The number of aromatic amines is 2. The van der Waals surface area contributed by atoms with E-state index in [0.29, 0.717) is 16.9 Å². The zero-order chi connectivity index (χ0) is 7.84. The van der Waals surface area contributed by atoms with E-state index >= 15 is 0 Å². The van der Waals surface area contributed by atoms with Crippen LogP contribution in [0.25, 0.3) is 11.0 Å². The van der Waals surface area contributed by atoms with E-state index in [0.717, 1.165) is 0 Å². The molecule has 2 heterocycles. The Morgan fingerprint density at radius 3 is 2.91 bits per heavy atom. The summed E-state index contributed by atoms with van der Waals surface area (Å²) >= 11 is 0. The van der Waals surface area contributed by atoms with E-state index in [1.165, 1.54) is 6.20 Å². The fourth-order valence-corrected chi connectivity index (χ4v) is 0.950. The molecule has 0 fully saturated rings. The number of nitrogens with one attached hydrogen (secondary N) is 2. The number of hydrogen-bond donors (Lipinski definition) is 3. The minimum atomic E-state index is -0.243. The van der Waals surface area contributed by atoms with Crippen molar-refractivity contribution in [2.45, 2.75) is 0 Å². The predicted molar refractivity (Wildman–Crippen MR) is 41.1 cm³/mol. The van der Waals surface area contributed by atoms with Crippen LogP contribution in [-0.2, 0) is 0 Å². The number of pyridine rings is 1. The normalized spacial score (nSPS) is 10.5. The number of imidazole rings is 1. The molecule has 0 saturated heterocycles. The van der Waals surface area contributed by atoms with Crippen molar-refractivity contribution in [3.05, 3.63) is 22.7 Å². The van der Waals surface area contributed by atoms with Crippen molar-refractivity contribution in [1.29, 1.82) is 0 Å². The average molecular weight is 150 g/mol. The monoisotopic (exact) mass is 150 g/mol. The SMILES string of the molecule is Nc1cc2[nH]c(=O)[nH]c2cn1. The van der Waals surface area contributed by atoms with Gasteiger partial charge in [0.05, 0.1) is 17.2 Å². The Morgan fingerprint density at radius 2 is 2.09 bits per heavy atom. The zero-order valence-electron chi connectivity index (χ0n) is 5.59. The Kier molecular flexibility index (Phi) is 1.00. The Bertz CT molecular complexity index is 441. The minimum Gasteiger partial charge on any atom is -0.384 e. The third kappa shape index (κ3) is 0.861. The summed E-state index contributed by atoms with van der Waals surface area (Å²) in [7, 11) is 0. The Balaban J connectivity index is 2.92. The molecule has 0 bridgehead atoms. The van der Waals surface area contributed by atoms with E-state index < -0.39 is 0 Å². The third-order valence-electron chi connectivity index (χ3n) is 1.42. The van der Waals surface area contributed by atoms with Crippen molar-refractivity contribution in [2.75, 3.05) is 5.73 Å². The van der Waals surface area contributed by atoms with Gasteiger partial charge in [-0.2, -0.15) is 0 Å². The van der Waals surface area contributed by atoms with Crippen LogP contribution in [-0.4, -0.2) is 15.0 Å². The largest absolute Gasteiger partial charge is 0.384 e. The molecular formula is C6H6N4O. The van der Waals surface area contributed by atoms with Gasteiger partial charge in [0.1, 0.15) is 5.82 Å². The number of H-pyrrole nitrogens is 2. The van der Waals surface area contributed by atoms with Crippen molar-refractivity contribution < 1.29 is 0 Å². The van der Waals surface area contributed by atoms with Crippen LogP contribution >= 0.6 is 0 Å². The number of aromatic nitrogens is 3. The number of nitrogens with two attached hydrogens (primary N) is 1. The highest BCUT2D eigenvalue weighted by Crippen LogP contribution is 2.06. The second-order valence-electron chi connectivity index (χ2n) is 2.23. The number of hydrogen-bond acceptors (Lipinski definition) is 3. The molecule has 5 nitrogen and oxygen atoms in total. The zero-order valence-corrected chi connectivity index (χ0v) is 5.59. The van der Waals surface area contributed by atoms with E-state index in [1.54, 1.807) is 6.07 Å². The highest BCUT2D eigenvalue weighted by molar-refractivity contribution is 5.75. The molecule has 0 radical (unpaired) electrons. The first kappa shape index (κ1) is 5.96. The summed E-state index contributed by atoms with van der Waals surface area (Å²) in [4.78, 5) is 19.7. The molecule has 2 rings (SSSR count). The topological polar surface area (TPSA) is 87.6 Å². The van der Waals surface area contributed by atoms with Gasteiger partial charge in [-0.05, 0) is 0 Å². The highest BCUT2D eigenvalue weighted by atomic mass is 16.1. The molecule has 0 aliphatic rings. The quantitative estimate of drug-likeness (QED) is 0.487. The second-order valence-corrected chi connectivity index (χ2v) is 2.23. The van der Waals surface area contributed by atoms with Crippen molar-refractivity contribution in [2.24, 2.45) is 0 Å². The van der Waals surface area contributed by atoms with Gasteiger partial charge in [-0.25, -0.2) is 9.78 Å². The van der Waals surface area contributed by atoms with E-state index in [-0.39, 0.29) is 5.69 Å². The molecule has 0 aliphatic heterocycles. The van der Waals surface area contributed by atoms with Gasteiger partial charge < -0.3 is 15.7 Å². The fourth-order valence-electron chi connectivity index (χ4n) is 0.950. The van der Waals surface area contributed by atoms with Crippen LogP contribution in [0.3, 0.4) is 0 Å². The number of fused-ring (bicyclic) bond motifs is 1. The van der Waals surface area contributed by atoms with Crippen molar-refractivity contribution in [3.63, 3.8) is 0 Å². The van der Waals surface area contributed by atoms with Crippen molar-refractivity contribution in [3.8, 4) is 0 Å². The van der Waals surface area contributed by atoms with Gasteiger partial charge in [0.2, 0.25) is 0 Å². The maximum atomic E-state index is 10.7. The van der Waals surface area contributed by atoms with Gasteiger partial charge in [0.25, 0.3) is 0 Å². The molecule has 0 aliphatic carbocycles. The van der Waals surface area contributed by atoms with Crippen molar-refractivity contribution in [1.82, 2.24) is 15.0 Å². The van der Waals surface area contributed by atoms with Gasteiger partial charge in [-0.3, -0.25) is 0 Å². The van der Waals surface area contributed by atoms with Gasteiger partial charge >= 0.3 is 5.69 Å². The molecule has 11 heavy (non-hydrogen) atoms. The lowest BCUT2D eigenvalue weighted by Crippen LogP contribution is -1.99. The second kappa shape index (κ2) is 1.85. The summed E-state index contributed by atoms with van der Waals surface area (Å²) < 4.78 is 0. The summed E-state index contributed by atoms with van der Waals surface area (Å²) in [6.07, 6.45) is 1.52. The van der Waals surface area contributed by atoms with Gasteiger partial charge in [-0.1, -0.05) is 0 Å². The molecule has 0 unspecified atom stereocenters. The molecule has 56 valence electrons. The van der Waals surface area contributed by atoms with E-state index in [9.17, 15) is 4.79 Å². The van der Waals surface area contributed by atoms with Crippen LogP contribution in [0.15, 0.2) is 17.1 Å². The molecule has 0 atom stereocenters. The van der Waals surface area contributed by atoms with Gasteiger partial charge in [0.15, 0.2) is 0 Å². The summed E-state index contributed by atoms with van der Waals surface area (Å²) in [6, 6.07) is 1.60. The molecule has 0 spiro atoms. The van der Waals surface area contributed by atoms with Crippen LogP contribution in [0.4, 0.5) is 5.82 Å². The third-order valence-corrected chi connectivity index (χ3v) is 1.42. The first-order chi connectivity index (χ1) is 5.25. The maximum Gasteiger partial charge on any atom is 0.323 e. The summed E-state index contributed by atoms with van der Waals surface area (Å²) in [5, 5.41) is 0. The number of anilines is 1. The lowest BCUT2D eigenvalue weighted by atomic mass is 10.4. The number of nitrogens with zero attached hydrogens (tertiary/aromatic N) is 1. The Hall–Kier alpha value is -1.78. The maximum absolute atomic E-state index is 10.7. The minimum absolute atomic E-state index is 0.243. The highest BCUT2D eigenvalue weighted by Gasteiger charge is 1.96. The molecular weight excluding hydrogens is 144 g/mol.